The third-order valence-corrected chi connectivity index (χ3v) is 5.19. The van der Waals surface area contributed by atoms with Gasteiger partial charge in [-0.3, -0.25) is 9.59 Å². The van der Waals surface area contributed by atoms with E-state index in [0.717, 1.165) is 59.6 Å². The van der Waals surface area contributed by atoms with E-state index in [1.54, 1.807) is 0 Å². The summed E-state index contributed by atoms with van der Waals surface area (Å²) in [6, 6.07) is 10.3. The number of benzene rings is 1. The lowest BCUT2D eigenvalue weighted by atomic mass is 9.82. The minimum absolute atomic E-state index is 0.129. The molecule has 0 bridgehead atoms. The number of aliphatic hydroxyl groups excluding tert-OH is 1. The molecule has 1 aromatic carbocycles. The summed E-state index contributed by atoms with van der Waals surface area (Å²) < 4.78 is 5.73. The van der Waals surface area contributed by atoms with Crippen LogP contribution in [0.5, 0.6) is 0 Å². The van der Waals surface area contributed by atoms with Crippen molar-refractivity contribution in [1.82, 2.24) is 10.2 Å². The van der Waals surface area contributed by atoms with Crippen LogP contribution in [0.4, 0.5) is 0 Å². The van der Waals surface area contributed by atoms with E-state index in [2.05, 4.69) is 34.5 Å². The summed E-state index contributed by atoms with van der Waals surface area (Å²) in [5.74, 6) is -1.04. The van der Waals surface area contributed by atoms with Gasteiger partial charge >= 0.3 is 0 Å². The standard InChI is InChI=1S/C18H28N2O2.2C2H4O2/c21-15-18-13-19-10-17(18)11-20(14-18)8-4-5-9-22-12-16-6-2-1-3-7-16;2*1-2(3)4/h1-3,6-7,17,19,21H,4-5,8-15H2;2*1H3,(H,3,4). The molecular formula is C22H36N2O6. The molecule has 1 aromatic rings. The van der Waals surface area contributed by atoms with E-state index in [9.17, 15) is 5.11 Å². The van der Waals surface area contributed by atoms with Gasteiger partial charge in [-0.25, -0.2) is 0 Å². The molecular weight excluding hydrogens is 388 g/mol. The van der Waals surface area contributed by atoms with Crippen molar-refractivity contribution in [3.05, 3.63) is 35.9 Å². The molecule has 30 heavy (non-hydrogen) atoms. The molecule has 3 rings (SSSR count). The zero-order chi connectivity index (χ0) is 22.4. The molecule has 0 aliphatic carbocycles. The van der Waals surface area contributed by atoms with Crippen LogP contribution in [-0.2, 0) is 20.9 Å². The second kappa shape index (κ2) is 14.1. The number of carboxylic acids is 2. The molecule has 0 amide bonds. The molecule has 2 aliphatic rings. The molecule has 0 saturated carbocycles. The Labute approximate surface area is 178 Å². The predicted octanol–water partition coefficient (Wildman–Crippen LogP) is 1.68. The number of hydrogen-bond donors (Lipinski definition) is 4. The number of carbonyl (C=O) groups is 2. The van der Waals surface area contributed by atoms with Gasteiger partial charge in [0.2, 0.25) is 0 Å². The quantitative estimate of drug-likeness (QED) is 0.466. The Morgan fingerprint density at radius 2 is 1.80 bits per heavy atom. The molecule has 170 valence electrons. The molecule has 2 saturated heterocycles. The Hall–Kier alpha value is -2.00. The van der Waals surface area contributed by atoms with E-state index in [0.29, 0.717) is 19.1 Å². The van der Waals surface area contributed by atoms with Crippen molar-refractivity contribution in [2.75, 3.05) is 45.9 Å². The van der Waals surface area contributed by atoms with Crippen molar-refractivity contribution in [2.24, 2.45) is 11.3 Å². The number of unbranched alkanes of at least 4 members (excludes halogenated alkanes) is 1. The normalized spacial score (nSPS) is 22.3. The van der Waals surface area contributed by atoms with Gasteiger partial charge in [-0.2, -0.15) is 0 Å². The lowest BCUT2D eigenvalue weighted by Gasteiger charge is -2.25. The number of fused-ring (bicyclic) bond motifs is 1. The summed E-state index contributed by atoms with van der Waals surface area (Å²) in [7, 11) is 0. The van der Waals surface area contributed by atoms with Crippen LogP contribution >= 0.6 is 0 Å². The number of nitrogens with one attached hydrogen (secondary N) is 1. The molecule has 0 aromatic heterocycles. The highest BCUT2D eigenvalue weighted by Gasteiger charge is 2.48. The summed E-state index contributed by atoms with van der Waals surface area (Å²) in [5, 5.41) is 28.0. The summed E-state index contributed by atoms with van der Waals surface area (Å²) in [6.45, 7) is 9.39. The summed E-state index contributed by atoms with van der Waals surface area (Å²) in [4.78, 5) is 20.5. The van der Waals surface area contributed by atoms with Crippen molar-refractivity contribution in [1.29, 1.82) is 0 Å². The third kappa shape index (κ3) is 10.2. The minimum atomic E-state index is -0.833. The smallest absolute Gasteiger partial charge is 0.300 e. The van der Waals surface area contributed by atoms with E-state index in [1.807, 2.05) is 6.07 Å². The second-order valence-corrected chi connectivity index (χ2v) is 7.87. The monoisotopic (exact) mass is 424 g/mol. The van der Waals surface area contributed by atoms with Crippen LogP contribution in [0.25, 0.3) is 0 Å². The molecule has 2 fully saturated rings. The van der Waals surface area contributed by atoms with Crippen LogP contribution in [0.1, 0.15) is 32.3 Å². The summed E-state index contributed by atoms with van der Waals surface area (Å²) in [6.07, 6.45) is 2.29. The number of aliphatic hydroxyl groups is 1. The van der Waals surface area contributed by atoms with Crippen LogP contribution in [0, 0.1) is 11.3 Å². The molecule has 2 heterocycles. The molecule has 2 unspecified atom stereocenters. The maximum absolute atomic E-state index is 9.71. The molecule has 8 nitrogen and oxygen atoms in total. The number of likely N-dealkylation sites (tertiary alicyclic amines) is 1. The second-order valence-electron chi connectivity index (χ2n) is 7.87. The fraction of sp³-hybridized carbons (Fsp3) is 0.636. The van der Waals surface area contributed by atoms with Gasteiger partial charge in [0.15, 0.2) is 0 Å². The molecule has 0 spiro atoms. The first-order valence-electron chi connectivity index (χ1n) is 10.3. The van der Waals surface area contributed by atoms with Gasteiger partial charge in [-0.1, -0.05) is 30.3 Å². The fourth-order valence-corrected chi connectivity index (χ4v) is 3.83. The average molecular weight is 425 g/mol. The number of carboxylic acid groups (broad SMARTS) is 2. The Balaban J connectivity index is 0.000000485. The highest BCUT2D eigenvalue weighted by Crippen LogP contribution is 2.38. The highest BCUT2D eigenvalue weighted by molar-refractivity contribution is 5.63. The van der Waals surface area contributed by atoms with Gasteiger partial charge in [0.05, 0.1) is 13.2 Å². The van der Waals surface area contributed by atoms with Gasteiger partial charge in [0, 0.05) is 45.5 Å². The molecule has 2 atom stereocenters. The van der Waals surface area contributed by atoms with Crippen LogP contribution < -0.4 is 5.32 Å². The van der Waals surface area contributed by atoms with Gasteiger partial charge in [0.1, 0.15) is 0 Å². The van der Waals surface area contributed by atoms with E-state index < -0.39 is 11.9 Å². The predicted molar refractivity (Wildman–Crippen MR) is 114 cm³/mol. The van der Waals surface area contributed by atoms with Crippen LogP contribution in [-0.4, -0.2) is 78.1 Å². The summed E-state index contributed by atoms with van der Waals surface area (Å²) >= 11 is 0. The zero-order valence-corrected chi connectivity index (χ0v) is 18.0. The van der Waals surface area contributed by atoms with E-state index in [-0.39, 0.29) is 5.41 Å². The maximum Gasteiger partial charge on any atom is 0.300 e. The SMILES string of the molecule is CC(=O)O.CC(=O)O.OCC12CNCC1CN(CCCCOCc1ccccc1)C2. The number of hydrogen-bond acceptors (Lipinski definition) is 6. The van der Waals surface area contributed by atoms with E-state index >= 15 is 0 Å². The zero-order valence-electron chi connectivity index (χ0n) is 18.0. The van der Waals surface area contributed by atoms with Crippen molar-refractivity contribution in [2.45, 2.75) is 33.3 Å². The summed E-state index contributed by atoms with van der Waals surface area (Å²) in [5.41, 5.74) is 1.37. The molecule has 8 heteroatoms. The molecule has 0 radical (unpaired) electrons. The Bertz CT molecular complexity index is 607. The van der Waals surface area contributed by atoms with E-state index in [1.165, 1.54) is 12.0 Å². The topological polar surface area (TPSA) is 119 Å². The number of rotatable bonds is 8. The Morgan fingerprint density at radius 1 is 1.17 bits per heavy atom. The van der Waals surface area contributed by atoms with Crippen LogP contribution in [0.15, 0.2) is 30.3 Å². The number of ether oxygens (including phenoxy) is 1. The van der Waals surface area contributed by atoms with Crippen LogP contribution in [0.3, 0.4) is 0 Å². The van der Waals surface area contributed by atoms with Crippen molar-refractivity contribution in [3.8, 4) is 0 Å². The first kappa shape index (κ1) is 26.0. The van der Waals surface area contributed by atoms with Gasteiger partial charge in [-0.15, -0.1) is 0 Å². The first-order chi connectivity index (χ1) is 14.3. The lowest BCUT2D eigenvalue weighted by Crippen LogP contribution is -2.36. The minimum Gasteiger partial charge on any atom is -0.481 e. The molecule has 2 aliphatic heterocycles. The van der Waals surface area contributed by atoms with Crippen molar-refractivity contribution in [3.63, 3.8) is 0 Å². The first-order valence-corrected chi connectivity index (χ1v) is 10.3. The van der Waals surface area contributed by atoms with Gasteiger partial charge in [-0.05, 0) is 37.4 Å². The number of aliphatic carboxylic acids is 2. The Kier molecular flexibility index (Phi) is 12.2. The fourth-order valence-electron chi connectivity index (χ4n) is 3.83. The lowest BCUT2D eigenvalue weighted by molar-refractivity contribution is -0.135. The largest absolute Gasteiger partial charge is 0.481 e. The van der Waals surface area contributed by atoms with E-state index in [4.69, 9.17) is 24.5 Å². The van der Waals surface area contributed by atoms with Gasteiger partial charge in [0.25, 0.3) is 11.9 Å². The van der Waals surface area contributed by atoms with Crippen molar-refractivity contribution < 1.29 is 29.6 Å². The maximum atomic E-state index is 9.71. The number of nitrogens with zero attached hydrogens (tertiary/aromatic N) is 1. The van der Waals surface area contributed by atoms with Gasteiger partial charge < -0.3 is 30.3 Å². The third-order valence-electron chi connectivity index (χ3n) is 5.19. The van der Waals surface area contributed by atoms with Crippen molar-refractivity contribution >= 4 is 11.9 Å². The Morgan fingerprint density at radius 3 is 2.37 bits per heavy atom. The highest BCUT2D eigenvalue weighted by atomic mass is 16.5. The molecule has 4 N–H and O–H groups in total. The average Bonchev–Trinajstić information content (AvgIpc) is 3.22. The van der Waals surface area contributed by atoms with Crippen LogP contribution in [0.2, 0.25) is 0 Å².